The zero-order chi connectivity index (χ0) is 30.3. The molecule has 0 spiro atoms. The Morgan fingerprint density at radius 3 is 2.53 bits per heavy atom. The lowest BCUT2D eigenvalue weighted by Crippen LogP contribution is -2.51. The summed E-state index contributed by atoms with van der Waals surface area (Å²) >= 11 is 0. The van der Waals surface area contributed by atoms with Crippen molar-refractivity contribution < 1.29 is 14.4 Å². The predicted molar refractivity (Wildman–Crippen MR) is 154 cm³/mol. The van der Waals surface area contributed by atoms with Crippen LogP contribution in [-0.2, 0) is 9.59 Å². The standard InChI is InChI=1S/C27H29N13O3/c1-16-13-30-22(39-15-31-25(34-39)32-24(43)27(2,3)4)20-19(16)17(14-29-20)21(41)23(42)37-9-11-38(12-10-37)26-33-35-36-40(26)18-7-5-6-8-28-18/h5-8,13-15,29H,9-12H2,1-4H3,(H,32,34,43). The van der Waals surface area contributed by atoms with Crippen LogP contribution in [-0.4, -0.2) is 98.6 Å². The minimum atomic E-state index is -0.630. The highest BCUT2D eigenvalue weighted by molar-refractivity contribution is 6.45. The molecular weight excluding hydrogens is 554 g/mol. The van der Waals surface area contributed by atoms with Crippen LogP contribution in [0.2, 0.25) is 0 Å². The number of aryl methyl sites for hydroxylation is 1. The van der Waals surface area contributed by atoms with Crippen molar-refractivity contribution in [2.75, 3.05) is 36.4 Å². The molecule has 0 radical (unpaired) electrons. The summed E-state index contributed by atoms with van der Waals surface area (Å²) in [6.45, 7) is 8.69. The molecule has 0 bridgehead atoms. The van der Waals surface area contributed by atoms with Crippen LogP contribution in [0.4, 0.5) is 11.9 Å². The molecular formula is C27H29N13O3. The van der Waals surface area contributed by atoms with Gasteiger partial charge in [-0.25, -0.2) is 9.97 Å². The Labute approximate surface area is 245 Å². The summed E-state index contributed by atoms with van der Waals surface area (Å²) in [7, 11) is 0. The number of carbonyl (C=O) groups excluding carboxylic acids is 3. The number of amides is 2. The number of Topliss-reactive ketones (excluding diaryl/α,β-unsaturated/α-hetero) is 1. The molecule has 6 heterocycles. The number of tetrazole rings is 1. The van der Waals surface area contributed by atoms with Gasteiger partial charge in [0.15, 0.2) is 11.6 Å². The Morgan fingerprint density at radius 1 is 1.02 bits per heavy atom. The van der Waals surface area contributed by atoms with Gasteiger partial charge in [0.05, 0.1) is 11.1 Å². The van der Waals surface area contributed by atoms with Crippen molar-refractivity contribution in [1.82, 2.24) is 54.8 Å². The number of pyridine rings is 2. The van der Waals surface area contributed by atoms with Crippen LogP contribution in [0.15, 0.2) is 43.1 Å². The number of hydrogen-bond acceptors (Lipinski definition) is 11. The number of piperazine rings is 1. The zero-order valence-corrected chi connectivity index (χ0v) is 24.0. The smallest absolute Gasteiger partial charge is 0.295 e. The maximum absolute atomic E-state index is 13.5. The molecule has 1 saturated heterocycles. The van der Waals surface area contributed by atoms with Gasteiger partial charge < -0.3 is 14.8 Å². The van der Waals surface area contributed by atoms with E-state index < -0.39 is 17.1 Å². The highest BCUT2D eigenvalue weighted by Gasteiger charge is 2.31. The Hall–Kier alpha value is -5.54. The van der Waals surface area contributed by atoms with E-state index in [1.165, 1.54) is 22.1 Å². The van der Waals surface area contributed by atoms with E-state index in [0.717, 1.165) is 0 Å². The molecule has 16 nitrogen and oxygen atoms in total. The summed E-state index contributed by atoms with van der Waals surface area (Å²) in [4.78, 5) is 58.8. The number of hydrogen-bond donors (Lipinski definition) is 2. The van der Waals surface area contributed by atoms with Gasteiger partial charge in [-0.3, -0.25) is 19.7 Å². The monoisotopic (exact) mass is 583 g/mol. The van der Waals surface area contributed by atoms with Gasteiger partial charge in [0.1, 0.15) is 6.33 Å². The van der Waals surface area contributed by atoms with Crippen LogP contribution < -0.4 is 10.2 Å². The number of anilines is 2. The molecule has 2 amide bonds. The second-order valence-electron chi connectivity index (χ2n) is 11.1. The third kappa shape index (κ3) is 5.18. The molecule has 220 valence electrons. The van der Waals surface area contributed by atoms with Crippen LogP contribution >= 0.6 is 0 Å². The van der Waals surface area contributed by atoms with Gasteiger partial charge >= 0.3 is 0 Å². The summed E-state index contributed by atoms with van der Waals surface area (Å²) in [5.74, 6) is 0.128. The normalized spacial score (nSPS) is 13.9. The van der Waals surface area contributed by atoms with Crippen LogP contribution in [0, 0.1) is 12.3 Å². The van der Waals surface area contributed by atoms with Crippen molar-refractivity contribution >= 4 is 40.4 Å². The fourth-order valence-corrected chi connectivity index (χ4v) is 4.74. The molecule has 43 heavy (non-hydrogen) atoms. The first-order chi connectivity index (χ1) is 20.6. The number of ketones is 1. The van der Waals surface area contributed by atoms with Gasteiger partial charge in [0, 0.05) is 55.6 Å². The first kappa shape index (κ1) is 27.6. The van der Waals surface area contributed by atoms with Crippen LogP contribution in [0.5, 0.6) is 0 Å². The third-order valence-electron chi connectivity index (χ3n) is 7.10. The molecule has 5 aromatic heterocycles. The number of aromatic nitrogens is 10. The van der Waals surface area contributed by atoms with E-state index in [0.29, 0.717) is 60.2 Å². The lowest BCUT2D eigenvalue weighted by atomic mass is 9.96. The summed E-state index contributed by atoms with van der Waals surface area (Å²) in [5.41, 5.74) is 0.846. The molecule has 0 unspecified atom stereocenters. The fraction of sp³-hybridized carbons (Fsp3) is 0.333. The number of H-pyrrole nitrogens is 1. The van der Waals surface area contributed by atoms with Gasteiger partial charge in [0.2, 0.25) is 11.9 Å². The lowest BCUT2D eigenvalue weighted by Gasteiger charge is -2.34. The molecule has 0 aromatic carbocycles. The van der Waals surface area contributed by atoms with Crippen molar-refractivity contribution in [3.63, 3.8) is 0 Å². The van der Waals surface area contributed by atoms with E-state index in [9.17, 15) is 14.4 Å². The van der Waals surface area contributed by atoms with E-state index in [1.807, 2.05) is 24.0 Å². The number of fused-ring (bicyclic) bond motifs is 1. The van der Waals surface area contributed by atoms with Crippen LogP contribution in [0.25, 0.3) is 22.5 Å². The minimum absolute atomic E-state index is 0.127. The second kappa shape index (κ2) is 10.7. The molecule has 2 N–H and O–H groups in total. The quantitative estimate of drug-likeness (QED) is 0.217. The minimum Gasteiger partial charge on any atom is -0.357 e. The Balaban J connectivity index is 1.19. The van der Waals surface area contributed by atoms with E-state index in [4.69, 9.17) is 0 Å². The van der Waals surface area contributed by atoms with Crippen molar-refractivity contribution in [2.45, 2.75) is 27.7 Å². The number of nitrogens with zero attached hydrogens (tertiary/aromatic N) is 11. The van der Waals surface area contributed by atoms with E-state index in [-0.39, 0.29) is 17.4 Å². The first-order valence-electron chi connectivity index (χ1n) is 13.6. The molecule has 0 aliphatic carbocycles. The fourth-order valence-electron chi connectivity index (χ4n) is 4.74. The molecule has 0 saturated carbocycles. The number of carbonyl (C=O) groups is 3. The Kier molecular flexibility index (Phi) is 6.87. The zero-order valence-electron chi connectivity index (χ0n) is 24.0. The summed E-state index contributed by atoms with van der Waals surface area (Å²) < 4.78 is 2.95. The molecule has 6 rings (SSSR count). The largest absolute Gasteiger partial charge is 0.357 e. The van der Waals surface area contributed by atoms with Crippen molar-refractivity contribution in [3.8, 4) is 11.6 Å². The average Bonchev–Trinajstić information content (AvgIpc) is 3.77. The van der Waals surface area contributed by atoms with Crippen molar-refractivity contribution in [3.05, 3.63) is 54.2 Å². The molecule has 16 heteroatoms. The molecule has 5 aromatic rings. The summed E-state index contributed by atoms with van der Waals surface area (Å²) in [6.07, 6.45) is 6.20. The average molecular weight is 584 g/mol. The summed E-state index contributed by atoms with van der Waals surface area (Å²) in [5, 5.41) is 19.6. The van der Waals surface area contributed by atoms with Gasteiger partial charge in [0.25, 0.3) is 17.6 Å². The highest BCUT2D eigenvalue weighted by Crippen LogP contribution is 2.27. The number of rotatable bonds is 6. The molecule has 0 atom stereocenters. The number of aromatic amines is 1. The van der Waals surface area contributed by atoms with Gasteiger partial charge in [-0.2, -0.15) is 14.3 Å². The highest BCUT2D eigenvalue weighted by atomic mass is 16.2. The van der Waals surface area contributed by atoms with Gasteiger partial charge in [-0.05, 0) is 35.0 Å². The van der Waals surface area contributed by atoms with Crippen LogP contribution in [0.1, 0.15) is 36.7 Å². The first-order valence-corrected chi connectivity index (χ1v) is 13.6. The van der Waals surface area contributed by atoms with Gasteiger partial charge in [-0.1, -0.05) is 31.9 Å². The second-order valence-corrected chi connectivity index (χ2v) is 11.1. The van der Waals surface area contributed by atoms with E-state index in [1.54, 1.807) is 43.9 Å². The van der Waals surface area contributed by atoms with Gasteiger partial charge in [-0.15, -0.1) is 5.10 Å². The van der Waals surface area contributed by atoms with Crippen molar-refractivity contribution in [2.24, 2.45) is 5.41 Å². The maximum Gasteiger partial charge on any atom is 0.295 e. The molecule has 1 aliphatic rings. The SMILES string of the molecule is Cc1cnc(-n2cnc(NC(=O)C(C)(C)C)n2)c2[nH]cc(C(=O)C(=O)N3CCN(c4nnnn4-c4ccccn4)CC3)c12. The summed E-state index contributed by atoms with van der Waals surface area (Å²) in [6, 6.07) is 5.45. The lowest BCUT2D eigenvalue weighted by molar-refractivity contribution is -0.126. The maximum atomic E-state index is 13.5. The molecule has 1 aliphatic heterocycles. The van der Waals surface area contributed by atoms with Crippen LogP contribution in [0.3, 0.4) is 0 Å². The molecule has 1 fully saturated rings. The Bertz CT molecular complexity index is 1830. The van der Waals surface area contributed by atoms with Crippen molar-refractivity contribution in [1.29, 1.82) is 0 Å². The van der Waals surface area contributed by atoms with E-state index >= 15 is 0 Å². The Morgan fingerprint density at radius 2 is 1.81 bits per heavy atom. The third-order valence-corrected chi connectivity index (χ3v) is 7.10. The predicted octanol–water partition coefficient (Wildman–Crippen LogP) is 1.34. The topological polar surface area (TPSA) is 186 Å². The number of nitrogens with one attached hydrogen (secondary N) is 2. The van der Waals surface area contributed by atoms with E-state index in [2.05, 4.69) is 45.9 Å².